The van der Waals surface area contributed by atoms with Gasteiger partial charge in [0, 0.05) is 19.1 Å². The first kappa shape index (κ1) is 14.8. The van der Waals surface area contributed by atoms with Crippen LogP contribution in [0.15, 0.2) is 23.1 Å². The summed E-state index contributed by atoms with van der Waals surface area (Å²) in [7, 11) is -4.45. The van der Waals surface area contributed by atoms with E-state index in [1.165, 1.54) is 0 Å². The van der Waals surface area contributed by atoms with Gasteiger partial charge in [-0.15, -0.1) is 0 Å². The van der Waals surface area contributed by atoms with Crippen LogP contribution in [-0.2, 0) is 19.6 Å². The lowest BCUT2D eigenvalue weighted by atomic mass is 10.0. The molecular weight excluding hydrogens is 296 g/mol. The number of nitrogens with one attached hydrogen (secondary N) is 1. The minimum Gasteiger partial charge on any atom is -0.480 e. The van der Waals surface area contributed by atoms with E-state index in [1.54, 1.807) is 0 Å². The van der Waals surface area contributed by atoms with Crippen LogP contribution in [0.1, 0.15) is 6.42 Å². The second-order valence-electron chi connectivity index (χ2n) is 4.37. The predicted molar refractivity (Wildman–Crippen MR) is 62.5 cm³/mol. The van der Waals surface area contributed by atoms with Gasteiger partial charge in [0.05, 0.1) is 6.61 Å². The molecular formula is C11H11F2NO5S. The quantitative estimate of drug-likeness (QED) is 0.844. The van der Waals surface area contributed by atoms with E-state index in [0.29, 0.717) is 6.07 Å². The third kappa shape index (κ3) is 2.65. The van der Waals surface area contributed by atoms with E-state index >= 15 is 0 Å². The van der Waals surface area contributed by atoms with Gasteiger partial charge in [0.25, 0.3) is 0 Å². The number of hydrogen-bond acceptors (Lipinski definition) is 4. The van der Waals surface area contributed by atoms with Crippen molar-refractivity contribution >= 4 is 16.0 Å². The summed E-state index contributed by atoms with van der Waals surface area (Å²) in [6, 6.07) is 1.92. The molecule has 1 aromatic rings. The summed E-state index contributed by atoms with van der Waals surface area (Å²) in [6.07, 6.45) is -0.0790. The fourth-order valence-electron chi connectivity index (χ4n) is 1.86. The molecule has 0 bridgehead atoms. The molecule has 0 spiro atoms. The molecule has 1 fully saturated rings. The Hall–Kier alpha value is -1.58. The van der Waals surface area contributed by atoms with Crippen molar-refractivity contribution in [2.45, 2.75) is 16.9 Å². The van der Waals surface area contributed by atoms with Crippen molar-refractivity contribution in [2.75, 3.05) is 13.2 Å². The first-order valence-electron chi connectivity index (χ1n) is 5.57. The Balaban J connectivity index is 2.38. The van der Waals surface area contributed by atoms with E-state index in [9.17, 15) is 22.0 Å². The molecule has 1 aliphatic rings. The zero-order valence-electron chi connectivity index (χ0n) is 10.1. The van der Waals surface area contributed by atoms with E-state index in [2.05, 4.69) is 0 Å². The minimum atomic E-state index is -4.45. The zero-order valence-corrected chi connectivity index (χ0v) is 10.9. The van der Waals surface area contributed by atoms with Gasteiger partial charge in [0.2, 0.25) is 10.0 Å². The maximum absolute atomic E-state index is 13.5. The van der Waals surface area contributed by atoms with Crippen LogP contribution >= 0.6 is 0 Å². The van der Waals surface area contributed by atoms with Crippen molar-refractivity contribution in [1.29, 1.82) is 0 Å². The number of carbonyl (C=O) groups is 1. The number of hydrogen-bond donors (Lipinski definition) is 2. The van der Waals surface area contributed by atoms with Crippen LogP contribution in [0.4, 0.5) is 8.78 Å². The smallest absolute Gasteiger partial charge is 0.327 e. The lowest BCUT2D eigenvalue weighted by Crippen LogP contribution is -2.55. The molecule has 1 saturated heterocycles. The fourth-order valence-corrected chi connectivity index (χ4v) is 3.30. The Labute approximate surface area is 113 Å². The second kappa shape index (κ2) is 5.08. The maximum Gasteiger partial charge on any atom is 0.327 e. The van der Waals surface area contributed by atoms with Crippen LogP contribution in [-0.4, -0.2) is 38.2 Å². The molecule has 6 nitrogen and oxygen atoms in total. The summed E-state index contributed by atoms with van der Waals surface area (Å²) in [5.41, 5.74) is -1.83. The largest absolute Gasteiger partial charge is 0.480 e. The van der Waals surface area contributed by atoms with Gasteiger partial charge in [-0.1, -0.05) is 0 Å². The molecule has 0 radical (unpaired) electrons. The van der Waals surface area contributed by atoms with Gasteiger partial charge < -0.3 is 9.84 Å². The summed E-state index contributed by atoms with van der Waals surface area (Å²) < 4.78 is 57.2. The topological polar surface area (TPSA) is 92.7 Å². The van der Waals surface area contributed by atoms with E-state index in [4.69, 9.17) is 9.84 Å². The standard InChI is InChI=1S/C11H11F2NO5S/c12-7-1-2-9(8(13)5-7)20(17,18)14-11(10(15)16)3-4-19-6-11/h1-2,5,14H,3-4,6H2,(H,15,16). The second-order valence-corrected chi connectivity index (χ2v) is 6.02. The number of halogens is 2. The zero-order chi connectivity index (χ0) is 15.0. The van der Waals surface area contributed by atoms with Gasteiger partial charge in [-0.05, 0) is 12.1 Å². The Morgan fingerprint density at radius 2 is 2.10 bits per heavy atom. The number of carboxylic acids is 1. The molecule has 1 aromatic carbocycles. The van der Waals surface area contributed by atoms with Gasteiger partial charge in [-0.3, -0.25) is 4.79 Å². The lowest BCUT2D eigenvalue weighted by Gasteiger charge is -2.23. The third-order valence-corrected chi connectivity index (χ3v) is 4.51. The Bertz CT molecular complexity index is 640. The Morgan fingerprint density at radius 1 is 1.40 bits per heavy atom. The summed E-state index contributed by atoms with van der Waals surface area (Å²) in [4.78, 5) is 10.4. The first-order chi connectivity index (χ1) is 9.27. The van der Waals surface area contributed by atoms with Gasteiger partial charge in [-0.25, -0.2) is 17.2 Å². The summed E-state index contributed by atoms with van der Waals surface area (Å²) in [5.74, 6) is -3.64. The van der Waals surface area contributed by atoms with E-state index < -0.39 is 38.1 Å². The number of rotatable bonds is 4. The van der Waals surface area contributed by atoms with Crippen molar-refractivity contribution in [2.24, 2.45) is 0 Å². The number of sulfonamides is 1. The van der Waals surface area contributed by atoms with E-state index in [0.717, 1.165) is 12.1 Å². The van der Waals surface area contributed by atoms with Crippen LogP contribution in [0.3, 0.4) is 0 Å². The molecule has 1 unspecified atom stereocenters. The van der Waals surface area contributed by atoms with Crippen LogP contribution in [0, 0.1) is 11.6 Å². The first-order valence-corrected chi connectivity index (χ1v) is 7.05. The van der Waals surface area contributed by atoms with Gasteiger partial charge in [0.1, 0.15) is 16.5 Å². The van der Waals surface area contributed by atoms with Crippen molar-refractivity contribution in [1.82, 2.24) is 4.72 Å². The highest BCUT2D eigenvalue weighted by molar-refractivity contribution is 7.89. The van der Waals surface area contributed by atoms with Gasteiger partial charge in [-0.2, -0.15) is 4.72 Å². The Morgan fingerprint density at radius 3 is 2.60 bits per heavy atom. The number of aliphatic carboxylic acids is 1. The fraction of sp³-hybridized carbons (Fsp3) is 0.364. The average molecular weight is 307 g/mol. The molecule has 0 aliphatic carbocycles. The minimum absolute atomic E-state index is 0.0702. The molecule has 1 heterocycles. The molecule has 0 aromatic heterocycles. The van der Waals surface area contributed by atoms with Crippen molar-refractivity contribution in [3.8, 4) is 0 Å². The molecule has 1 atom stereocenters. The number of benzene rings is 1. The van der Waals surface area contributed by atoms with Crippen molar-refractivity contribution in [3.05, 3.63) is 29.8 Å². The van der Waals surface area contributed by atoms with Gasteiger partial charge in [0.15, 0.2) is 5.54 Å². The normalized spacial score (nSPS) is 22.9. The molecule has 20 heavy (non-hydrogen) atoms. The highest BCUT2D eigenvalue weighted by Gasteiger charge is 2.46. The van der Waals surface area contributed by atoms with Crippen LogP contribution in [0.5, 0.6) is 0 Å². The van der Waals surface area contributed by atoms with E-state index in [1.807, 2.05) is 4.72 Å². The number of carboxylic acid groups (broad SMARTS) is 1. The Kier molecular flexibility index (Phi) is 3.76. The number of ether oxygens (including phenoxy) is 1. The van der Waals surface area contributed by atoms with E-state index in [-0.39, 0.29) is 19.6 Å². The third-order valence-electron chi connectivity index (χ3n) is 2.94. The highest BCUT2D eigenvalue weighted by Crippen LogP contribution is 2.23. The molecule has 0 amide bonds. The maximum atomic E-state index is 13.5. The van der Waals surface area contributed by atoms with Crippen LogP contribution in [0.25, 0.3) is 0 Å². The molecule has 2 rings (SSSR count). The molecule has 9 heteroatoms. The molecule has 2 N–H and O–H groups in total. The summed E-state index contributed by atoms with van der Waals surface area (Å²) in [6.45, 7) is -0.287. The summed E-state index contributed by atoms with van der Waals surface area (Å²) in [5, 5.41) is 9.13. The van der Waals surface area contributed by atoms with Crippen LogP contribution in [0.2, 0.25) is 0 Å². The lowest BCUT2D eigenvalue weighted by molar-refractivity contribution is -0.144. The predicted octanol–water partition coefficient (Wildman–Crippen LogP) is 0.487. The van der Waals surface area contributed by atoms with Gasteiger partial charge >= 0.3 is 5.97 Å². The molecule has 1 aliphatic heterocycles. The summed E-state index contributed by atoms with van der Waals surface area (Å²) >= 11 is 0. The molecule has 0 saturated carbocycles. The molecule has 110 valence electrons. The SMILES string of the molecule is O=C(O)C1(NS(=O)(=O)c2ccc(F)cc2F)CCOC1. The highest BCUT2D eigenvalue weighted by atomic mass is 32.2. The van der Waals surface area contributed by atoms with Crippen molar-refractivity contribution < 1.29 is 31.8 Å². The monoisotopic (exact) mass is 307 g/mol. The van der Waals surface area contributed by atoms with Crippen molar-refractivity contribution in [3.63, 3.8) is 0 Å². The van der Waals surface area contributed by atoms with Crippen LogP contribution < -0.4 is 4.72 Å². The average Bonchev–Trinajstić information content (AvgIpc) is 2.77.